The smallest absolute Gasteiger partial charge is 0.306 e. The van der Waals surface area contributed by atoms with Crippen LogP contribution in [0.1, 0.15) is 33.6 Å². The lowest BCUT2D eigenvalue weighted by Gasteiger charge is -2.19. The molecule has 20 heavy (non-hydrogen) atoms. The van der Waals surface area contributed by atoms with Crippen molar-refractivity contribution in [3.8, 4) is 0 Å². The van der Waals surface area contributed by atoms with Crippen LogP contribution in [0.15, 0.2) is 22.7 Å². The van der Waals surface area contributed by atoms with E-state index in [-0.39, 0.29) is 24.7 Å². The minimum Gasteiger partial charge on any atom is -0.460 e. The van der Waals surface area contributed by atoms with E-state index in [1.165, 1.54) is 0 Å². The van der Waals surface area contributed by atoms with Crippen molar-refractivity contribution in [2.24, 2.45) is 0 Å². The second-order valence-corrected chi connectivity index (χ2v) is 6.55. The number of nitrogens with one attached hydrogen (secondary N) is 1. The standard InChI is InChI=1S/C14H17BrClNO3/c1-14(2,3)20-13(19)7-6-12(18)17-11-5-4-9(16)8-10(11)15/h4-5,8H,6-7H2,1-3H3,(H,17,18). The van der Waals surface area contributed by atoms with Crippen LogP contribution in [0.5, 0.6) is 0 Å². The van der Waals surface area contributed by atoms with E-state index in [2.05, 4.69) is 21.2 Å². The number of benzene rings is 1. The lowest BCUT2D eigenvalue weighted by atomic mass is 10.2. The van der Waals surface area contributed by atoms with Gasteiger partial charge >= 0.3 is 5.97 Å². The molecule has 1 rings (SSSR count). The fourth-order valence-corrected chi connectivity index (χ4v) is 2.19. The van der Waals surface area contributed by atoms with Crippen LogP contribution in [0.2, 0.25) is 5.02 Å². The number of hydrogen-bond donors (Lipinski definition) is 1. The van der Waals surface area contributed by atoms with E-state index >= 15 is 0 Å². The van der Waals surface area contributed by atoms with E-state index in [4.69, 9.17) is 16.3 Å². The zero-order valence-corrected chi connectivity index (χ0v) is 14.0. The molecule has 0 fully saturated rings. The first-order valence-corrected chi connectivity index (χ1v) is 7.31. The molecule has 0 aliphatic carbocycles. The molecular weight excluding hydrogens is 346 g/mol. The number of carbonyl (C=O) groups is 2. The Labute approximate surface area is 132 Å². The lowest BCUT2D eigenvalue weighted by molar-refractivity contribution is -0.155. The predicted octanol–water partition coefficient (Wildman–Crippen LogP) is 4.16. The van der Waals surface area contributed by atoms with Gasteiger partial charge in [-0.3, -0.25) is 9.59 Å². The van der Waals surface area contributed by atoms with Gasteiger partial charge in [0.25, 0.3) is 0 Å². The van der Waals surface area contributed by atoms with E-state index in [1.54, 1.807) is 39.0 Å². The molecule has 6 heteroatoms. The number of esters is 1. The zero-order chi connectivity index (χ0) is 15.3. The molecule has 0 aliphatic rings. The first kappa shape index (κ1) is 17.0. The summed E-state index contributed by atoms with van der Waals surface area (Å²) in [7, 11) is 0. The second kappa shape index (κ2) is 7.09. The van der Waals surface area contributed by atoms with Crippen LogP contribution in [0, 0.1) is 0 Å². The van der Waals surface area contributed by atoms with Gasteiger partial charge in [-0.15, -0.1) is 0 Å². The van der Waals surface area contributed by atoms with E-state index < -0.39 is 5.60 Å². The van der Waals surface area contributed by atoms with Gasteiger partial charge < -0.3 is 10.1 Å². The van der Waals surface area contributed by atoms with Crippen molar-refractivity contribution in [1.82, 2.24) is 0 Å². The summed E-state index contributed by atoms with van der Waals surface area (Å²) in [6.07, 6.45) is 0.123. The molecule has 1 aromatic rings. The van der Waals surface area contributed by atoms with Gasteiger partial charge in [0.05, 0.1) is 12.1 Å². The minimum atomic E-state index is -0.535. The van der Waals surface area contributed by atoms with Crippen LogP contribution < -0.4 is 5.32 Å². The van der Waals surface area contributed by atoms with Gasteiger partial charge in [0.2, 0.25) is 5.91 Å². The number of halogens is 2. The molecule has 110 valence electrons. The third-order valence-corrected chi connectivity index (χ3v) is 3.07. The molecule has 0 spiro atoms. The molecule has 0 atom stereocenters. The van der Waals surface area contributed by atoms with Crippen molar-refractivity contribution < 1.29 is 14.3 Å². The largest absolute Gasteiger partial charge is 0.460 e. The van der Waals surface area contributed by atoms with Gasteiger partial charge in [-0.1, -0.05) is 11.6 Å². The molecule has 0 unspecified atom stereocenters. The third-order valence-electron chi connectivity index (χ3n) is 2.18. The maximum absolute atomic E-state index is 11.7. The van der Waals surface area contributed by atoms with Gasteiger partial charge in [-0.2, -0.15) is 0 Å². The fourth-order valence-electron chi connectivity index (χ4n) is 1.41. The monoisotopic (exact) mass is 361 g/mol. The minimum absolute atomic E-state index is 0.0499. The van der Waals surface area contributed by atoms with Crippen LogP contribution in [0.4, 0.5) is 5.69 Å². The van der Waals surface area contributed by atoms with Crippen molar-refractivity contribution in [2.45, 2.75) is 39.2 Å². The first-order chi connectivity index (χ1) is 9.17. The average molecular weight is 363 g/mol. The third kappa shape index (κ3) is 6.39. The number of carbonyl (C=O) groups excluding carboxylic acids is 2. The Hall–Kier alpha value is -1.07. The van der Waals surface area contributed by atoms with Gasteiger partial charge in [0, 0.05) is 15.9 Å². The number of amides is 1. The number of anilines is 1. The summed E-state index contributed by atoms with van der Waals surface area (Å²) in [5.74, 6) is -0.637. The summed E-state index contributed by atoms with van der Waals surface area (Å²) in [4.78, 5) is 23.2. The van der Waals surface area contributed by atoms with E-state index in [1.807, 2.05) is 0 Å². The molecule has 0 radical (unpaired) electrons. The summed E-state index contributed by atoms with van der Waals surface area (Å²) < 4.78 is 5.82. The van der Waals surface area contributed by atoms with Crippen molar-refractivity contribution >= 4 is 45.1 Å². The molecule has 0 aromatic heterocycles. The molecule has 0 bridgehead atoms. The van der Waals surface area contributed by atoms with Gasteiger partial charge in [-0.25, -0.2) is 0 Å². The zero-order valence-electron chi connectivity index (χ0n) is 11.6. The highest BCUT2D eigenvalue weighted by atomic mass is 79.9. The maximum Gasteiger partial charge on any atom is 0.306 e. The van der Waals surface area contributed by atoms with Crippen LogP contribution >= 0.6 is 27.5 Å². The molecule has 1 aromatic carbocycles. The average Bonchev–Trinajstić information content (AvgIpc) is 2.28. The van der Waals surface area contributed by atoms with Crippen molar-refractivity contribution in [3.05, 3.63) is 27.7 Å². The van der Waals surface area contributed by atoms with Gasteiger partial charge in [0.1, 0.15) is 5.60 Å². The molecule has 0 saturated heterocycles. The van der Waals surface area contributed by atoms with Crippen LogP contribution in [-0.2, 0) is 14.3 Å². The van der Waals surface area contributed by atoms with Crippen molar-refractivity contribution in [3.63, 3.8) is 0 Å². The lowest BCUT2D eigenvalue weighted by Crippen LogP contribution is -2.24. The van der Waals surface area contributed by atoms with E-state index in [0.717, 1.165) is 0 Å². The first-order valence-electron chi connectivity index (χ1n) is 6.14. The Morgan fingerprint density at radius 1 is 1.30 bits per heavy atom. The Kier molecular flexibility index (Phi) is 6.02. The second-order valence-electron chi connectivity index (χ2n) is 5.26. The van der Waals surface area contributed by atoms with E-state index in [9.17, 15) is 9.59 Å². The van der Waals surface area contributed by atoms with Crippen LogP contribution in [-0.4, -0.2) is 17.5 Å². The van der Waals surface area contributed by atoms with Crippen LogP contribution in [0.25, 0.3) is 0 Å². The normalized spacial score (nSPS) is 11.1. The molecule has 0 aliphatic heterocycles. The van der Waals surface area contributed by atoms with Gasteiger partial charge in [-0.05, 0) is 54.9 Å². The summed E-state index contributed by atoms with van der Waals surface area (Å²) in [5, 5.41) is 3.28. The molecule has 4 nitrogen and oxygen atoms in total. The fraction of sp³-hybridized carbons (Fsp3) is 0.429. The van der Waals surface area contributed by atoms with Crippen LogP contribution in [0.3, 0.4) is 0 Å². The molecular formula is C14H17BrClNO3. The summed E-state index contributed by atoms with van der Waals surface area (Å²) >= 11 is 9.12. The van der Waals surface area contributed by atoms with Crippen molar-refractivity contribution in [2.75, 3.05) is 5.32 Å². The Morgan fingerprint density at radius 3 is 2.50 bits per heavy atom. The predicted molar refractivity (Wildman–Crippen MR) is 82.9 cm³/mol. The molecule has 1 N–H and O–H groups in total. The quantitative estimate of drug-likeness (QED) is 0.818. The van der Waals surface area contributed by atoms with Gasteiger partial charge in [0.15, 0.2) is 0 Å². The molecule has 0 saturated carbocycles. The molecule has 0 heterocycles. The summed E-state index contributed by atoms with van der Waals surface area (Å²) in [5.41, 5.74) is 0.0795. The SMILES string of the molecule is CC(C)(C)OC(=O)CCC(=O)Nc1ccc(Cl)cc1Br. The highest BCUT2D eigenvalue weighted by molar-refractivity contribution is 9.10. The number of ether oxygens (including phenoxy) is 1. The molecule has 1 amide bonds. The maximum atomic E-state index is 11.7. The number of rotatable bonds is 4. The highest BCUT2D eigenvalue weighted by Crippen LogP contribution is 2.26. The summed E-state index contributed by atoms with van der Waals surface area (Å²) in [6, 6.07) is 5.05. The van der Waals surface area contributed by atoms with Crippen molar-refractivity contribution in [1.29, 1.82) is 0 Å². The topological polar surface area (TPSA) is 55.4 Å². The Bertz CT molecular complexity index is 512. The Morgan fingerprint density at radius 2 is 1.95 bits per heavy atom. The number of hydrogen-bond acceptors (Lipinski definition) is 3. The summed E-state index contributed by atoms with van der Waals surface area (Å²) in [6.45, 7) is 5.36. The van der Waals surface area contributed by atoms with E-state index in [0.29, 0.717) is 15.2 Å². The highest BCUT2D eigenvalue weighted by Gasteiger charge is 2.17. The Balaban J connectivity index is 2.46.